The minimum absolute atomic E-state index is 0.0213. The summed E-state index contributed by atoms with van der Waals surface area (Å²) in [5, 5.41) is 4.07. The van der Waals surface area contributed by atoms with Crippen LogP contribution < -0.4 is 9.47 Å². The molecule has 0 N–H and O–H groups in total. The molecule has 30 heavy (non-hydrogen) atoms. The highest BCUT2D eigenvalue weighted by Gasteiger charge is 2.21. The van der Waals surface area contributed by atoms with Gasteiger partial charge in [-0.25, -0.2) is 0 Å². The Hall–Kier alpha value is -3.35. The van der Waals surface area contributed by atoms with Crippen LogP contribution in [0.1, 0.15) is 30.9 Å². The smallest absolute Gasteiger partial charge is 0.246 e. The molecule has 7 heteroatoms. The number of aromatic nitrogens is 2. The van der Waals surface area contributed by atoms with Gasteiger partial charge in [-0.15, -0.1) is 0 Å². The van der Waals surface area contributed by atoms with E-state index in [1.165, 1.54) is 0 Å². The molecule has 1 amide bonds. The van der Waals surface area contributed by atoms with E-state index >= 15 is 0 Å². The number of benzene rings is 2. The topological polar surface area (TPSA) is 77.7 Å². The van der Waals surface area contributed by atoms with E-state index in [0.29, 0.717) is 23.2 Å². The predicted molar refractivity (Wildman–Crippen MR) is 113 cm³/mol. The molecule has 3 rings (SSSR count). The van der Waals surface area contributed by atoms with Crippen molar-refractivity contribution in [2.45, 2.75) is 39.8 Å². The van der Waals surface area contributed by atoms with Crippen LogP contribution in [-0.2, 0) is 17.8 Å². The Bertz CT molecular complexity index is 1010. The second-order valence-electron chi connectivity index (χ2n) is 7.36. The van der Waals surface area contributed by atoms with E-state index in [2.05, 4.69) is 10.1 Å². The highest BCUT2D eigenvalue weighted by atomic mass is 16.5. The fourth-order valence-corrected chi connectivity index (χ4v) is 3.19. The van der Waals surface area contributed by atoms with Gasteiger partial charge in [-0.1, -0.05) is 35.0 Å². The van der Waals surface area contributed by atoms with Crippen molar-refractivity contribution in [3.63, 3.8) is 0 Å². The molecule has 0 bridgehead atoms. The van der Waals surface area contributed by atoms with Crippen LogP contribution in [0.2, 0.25) is 0 Å². The Morgan fingerprint density at radius 1 is 1.10 bits per heavy atom. The van der Waals surface area contributed by atoms with Crippen molar-refractivity contribution < 1.29 is 18.8 Å². The van der Waals surface area contributed by atoms with E-state index in [4.69, 9.17) is 14.0 Å². The van der Waals surface area contributed by atoms with Gasteiger partial charge >= 0.3 is 0 Å². The minimum atomic E-state index is -0.0347. The molecule has 0 atom stereocenters. The second-order valence-corrected chi connectivity index (χ2v) is 7.36. The Morgan fingerprint density at radius 2 is 1.87 bits per heavy atom. The van der Waals surface area contributed by atoms with Crippen molar-refractivity contribution in [2.75, 3.05) is 14.2 Å². The fraction of sp³-hybridized carbons (Fsp3) is 0.348. The van der Waals surface area contributed by atoms with E-state index in [9.17, 15) is 4.79 Å². The molecule has 0 radical (unpaired) electrons. The van der Waals surface area contributed by atoms with Crippen molar-refractivity contribution in [3.05, 3.63) is 59.5 Å². The third kappa shape index (κ3) is 4.97. The van der Waals surface area contributed by atoms with Crippen LogP contribution in [0, 0.1) is 6.92 Å². The Labute approximate surface area is 176 Å². The first kappa shape index (κ1) is 21.4. The van der Waals surface area contributed by atoms with Crippen LogP contribution in [0.3, 0.4) is 0 Å². The largest absolute Gasteiger partial charge is 0.493 e. The number of aryl methyl sites for hydroxylation is 1. The number of nitrogens with zero attached hydrogens (tertiary/aromatic N) is 3. The van der Waals surface area contributed by atoms with E-state index in [0.717, 1.165) is 16.7 Å². The summed E-state index contributed by atoms with van der Waals surface area (Å²) in [4.78, 5) is 19.2. The SMILES string of the molecule is COc1ccc(CC(=O)N(Cc2nc(-c3cccc(C)c3)no2)C(C)C)cc1OC. The highest BCUT2D eigenvalue weighted by molar-refractivity contribution is 5.79. The zero-order valence-corrected chi connectivity index (χ0v) is 18.0. The summed E-state index contributed by atoms with van der Waals surface area (Å²) in [5.41, 5.74) is 2.85. The van der Waals surface area contributed by atoms with E-state index in [1.807, 2.05) is 57.2 Å². The van der Waals surface area contributed by atoms with Crippen molar-refractivity contribution >= 4 is 5.91 Å². The van der Waals surface area contributed by atoms with Gasteiger partial charge in [0.05, 0.1) is 20.6 Å². The molecule has 0 unspecified atom stereocenters. The molecular formula is C23H27N3O4. The highest BCUT2D eigenvalue weighted by Crippen LogP contribution is 2.28. The number of methoxy groups -OCH3 is 2. The van der Waals surface area contributed by atoms with Gasteiger partial charge in [0.2, 0.25) is 17.6 Å². The average Bonchev–Trinajstić information content (AvgIpc) is 3.20. The summed E-state index contributed by atoms with van der Waals surface area (Å²) in [6, 6.07) is 13.4. The lowest BCUT2D eigenvalue weighted by Gasteiger charge is -2.25. The predicted octanol–water partition coefficient (Wildman–Crippen LogP) is 4.04. The van der Waals surface area contributed by atoms with Crippen LogP contribution in [0.25, 0.3) is 11.4 Å². The van der Waals surface area contributed by atoms with Gasteiger partial charge in [-0.2, -0.15) is 4.98 Å². The molecule has 7 nitrogen and oxygen atoms in total. The van der Waals surface area contributed by atoms with Crippen molar-refractivity contribution in [1.82, 2.24) is 15.0 Å². The van der Waals surface area contributed by atoms with Crippen molar-refractivity contribution in [1.29, 1.82) is 0 Å². The molecule has 0 aliphatic carbocycles. The summed E-state index contributed by atoms with van der Waals surface area (Å²) in [7, 11) is 3.16. The quantitative estimate of drug-likeness (QED) is 0.559. The third-order valence-corrected chi connectivity index (χ3v) is 4.80. The van der Waals surface area contributed by atoms with Crippen LogP contribution in [0.4, 0.5) is 0 Å². The number of hydrogen-bond acceptors (Lipinski definition) is 6. The van der Waals surface area contributed by atoms with Gasteiger partial charge in [-0.3, -0.25) is 4.79 Å². The summed E-state index contributed by atoms with van der Waals surface area (Å²) in [5.74, 6) is 2.11. The van der Waals surface area contributed by atoms with Crippen LogP contribution in [0.15, 0.2) is 47.0 Å². The second kappa shape index (κ2) is 9.43. The maximum atomic E-state index is 13.0. The molecule has 0 aliphatic heterocycles. The van der Waals surface area contributed by atoms with Gasteiger partial charge < -0.3 is 18.9 Å². The molecule has 2 aromatic carbocycles. The van der Waals surface area contributed by atoms with Gasteiger partial charge in [0, 0.05) is 11.6 Å². The number of carbonyl (C=O) groups excluding carboxylic acids is 1. The summed E-state index contributed by atoms with van der Waals surface area (Å²) >= 11 is 0. The molecule has 0 saturated carbocycles. The lowest BCUT2D eigenvalue weighted by Crippen LogP contribution is -2.37. The summed E-state index contributed by atoms with van der Waals surface area (Å²) in [6.45, 7) is 6.19. The standard InChI is InChI=1S/C23H27N3O4/c1-15(2)26(22(27)13-17-9-10-19(28-4)20(12-17)29-5)14-21-24-23(25-30-21)18-8-6-7-16(3)11-18/h6-12,15H,13-14H2,1-5H3. The van der Waals surface area contributed by atoms with E-state index < -0.39 is 0 Å². The minimum Gasteiger partial charge on any atom is -0.493 e. The summed E-state index contributed by atoms with van der Waals surface area (Å²) in [6.07, 6.45) is 0.234. The molecule has 0 aliphatic rings. The van der Waals surface area contributed by atoms with Crippen LogP contribution in [-0.4, -0.2) is 41.2 Å². The third-order valence-electron chi connectivity index (χ3n) is 4.80. The number of ether oxygens (including phenoxy) is 2. The lowest BCUT2D eigenvalue weighted by molar-refractivity contribution is -0.133. The molecule has 158 valence electrons. The Kier molecular flexibility index (Phi) is 6.72. The summed E-state index contributed by atoms with van der Waals surface area (Å²) < 4.78 is 16.0. The average molecular weight is 409 g/mol. The monoisotopic (exact) mass is 409 g/mol. The van der Waals surface area contributed by atoms with E-state index in [1.54, 1.807) is 25.2 Å². The molecular weight excluding hydrogens is 382 g/mol. The molecule has 0 saturated heterocycles. The Balaban J connectivity index is 1.74. The molecule has 1 heterocycles. The zero-order chi connectivity index (χ0) is 21.7. The maximum Gasteiger partial charge on any atom is 0.246 e. The first-order valence-electron chi connectivity index (χ1n) is 9.81. The Morgan fingerprint density at radius 3 is 2.53 bits per heavy atom. The van der Waals surface area contributed by atoms with Gasteiger partial charge in [-0.05, 0) is 44.5 Å². The van der Waals surface area contributed by atoms with Crippen LogP contribution in [0.5, 0.6) is 11.5 Å². The number of carbonyl (C=O) groups is 1. The molecule has 1 aromatic heterocycles. The normalized spacial score (nSPS) is 10.9. The first-order chi connectivity index (χ1) is 14.4. The molecule has 0 fully saturated rings. The van der Waals surface area contributed by atoms with Crippen molar-refractivity contribution in [3.8, 4) is 22.9 Å². The fourth-order valence-electron chi connectivity index (χ4n) is 3.19. The van der Waals surface area contributed by atoms with Gasteiger partial charge in [0.15, 0.2) is 11.5 Å². The van der Waals surface area contributed by atoms with E-state index in [-0.39, 0.29) is 24.9 Å². The first-order valence-corrected chi connectivity index (χ1v) is 9.81. The van der Waals surface area contributed by atoms with Crippen LogP contribution >= 0.6 is 0 Å². The number of hydrogen-bond donors (Lipinski definition) is 0. The number of rotatable bonds is 8. The van der Waals surface area contributed by atoms with Gasteiger partial charge in [0.25, 0.3) is 0 Å². The molecule has 3 aromatic rings. The maximum absolute atomic E-state index is 13.0. The molecule has 0 spiro atoms. The van der Waals surface area contributed by atoms with Crippen molar-refractivity contribution in [2.24, 2.45) is 0 Å². The number of amides is 1. The lowest BCUT2D eigenvalue weighted by atomic mass is 10.1. The zero-order valence-electron chi connectivity index (χ0n) is 18.0. The van der Waals surface area contributed by atoms with Gasteiger partial charge in [0.1, 0.15) is 6.54 Å².